The van der Waals surface area contributed by atoms with Crippen LogP contribution in [-0.4, -0.2) is 13.1 Å². The third-order valence-corrected chi connectivity index (χ3v) is 4.19. The standard InChI is InChI=1S/C15H21ClFN/c1-2-8-18-10-11-4-3-5-13(11)14-9-12(17)6-7-15(14)16/h6-7,9,11,13,18H,2-5,8,10H2,1H3. The Morgan fingerprint density at radius 1 is 1.39 bits per heavy atom. The summed E-state index contributed by atoms with van der Waals surface area (Å²) < 4.78 is 13.4. The zero-order valence-corrected chi connectivity index (χ0v) is 11.6. The Bertz CT molecular complexity index is 394. The molecule has 0 heterocycles. The monoisotopic (exact) mass is 269 g/mol. The number of hydrogen-bond acceptors (Lipinski definition) is 1. The van der Waals surface area contributed by atoms with E-state index in [0.717, 1.165) is 31.5 Å². The van der Waals surface area contributed by atoms with Gasteiger partial charge in [0.25, 0.3) is 0 Å². The highest BCUT2D eigenvalue weighted by Crippen LogP contribution is 2.42. The second-order valence-electron chi connectivity index (χ2n) is 5.17. The molecular formula is C15H21ClFN. The molecule has 0 spiro atoms. The van der Waals surface area contributed by atoms with Crippen LogP contribution in [0.15, 0.2) is 18.2 Å². The van der Waals surface area contributed by atoms with Gasteiger partial charge >= 0.3 is 0 Å². The summed E-state index contributed by atoms with van der Waals surface area (Å²) in [5.74, 6) is 0.829. The van der Waals surface area contributed by atoms with Gasteiger partial charge in [0.2, 0.25) is 0 Å². The number of benzene rings is 1. The van der Waals surface area contributed by atoms with Crippen molar-refractivity contribution in [3.63, 3.8) is 0 Å². The first-order chi connectivity index (χ1) is 8.72. The van der Waals surface area contributed by atoms with Crippen molar-refractivity contribution < 1.29 is 4.39 Å². The molecule has 2 unspecified atom stereocenters. The fourth-order valence-electron chi connectivity index (χ4n) is 2.95. The lowest BCUT2D eigenvalue weighted by atomic mass is 9.88. The van der Waals surface area contributed by atoms with Crippen molar-refractivity contribution in [2.24, 2.45) is 5.92 Å². The van der Waals surface area contributed by atoms with Crippen molar-refractivity contribution in [3.8, 4) is 0 Å². The van der Waals surface area contributed by atoms with Crippen LogP contribution in [0.25, 0.3) is 0 Å². The fourth-order valence-corrected chi connectivity index (χ4v) is 3.21. The molecule has 1 aromatic carbocycles. The van der Waals surface area contributed by atoms with Gasteiger partial charge in [0, 0.05) is 5.02 Å². The molecule has 1 aromatic rings. The van der Waals surface area contributed by atoms with Gasteiger partial charge in [-0.3, -0.25) is 0 Å². The minimum Gasteiger partial charge on any atom is -0.316 e. The molecule has 18 heavy (non-hydrogen) atoms. The van der Waals surface area contributed by atoms with Crippen molar-refractivity contribution in [2.75, 3.05) is 13.1 Å². The molecule has 0 aliphatic heterocycles. The first-order valence-corrected chi connectivity index (χ1v) is 7.25. The smallest absolute Gasteiger partial charge is 0.123 e. The maximum absolute atomic E-state index is 13.4. The Labute approximate surface area is 114 Å². The van der Waals surface area contributed by atoms with Gasteiger partial charge in [-0.1, -0.05) is 24.9 Å². The highest BCUT2D eigenvalue weighted by Gasteiger charge is 2.29. The van der Waals surface area contributed by atoms with E-state index in [1.165, 1.54) is 18.9 Å². The van der Waals surface area contributed by atoms with Crippen molar-refractivity contribution in [3.05, 3.63) is 34.6 Å². The molecule has 1 aliphatic rings. The van der Waals surface area contributed by atoms with Crippen LogP contribution in [0.4, 0.5) is 4.39 Å². The molecule has 1 aliphatic carbocycles. The maximum atomic E-state index is 13.4. The van der Waals surface area contributed by atoms with Crippen LogP contribution in [0.2, 0.25) is 5.02 Å². The van der Waals surface area contributed by atoms with Gasteiger partial charge in [-0.25, -0.2) is 4.39 Å². The first kappa shape index (κ1) is 13.8. The zero-order chi connectivity index (χ0) is 13.0. The summed E-state index contributed by atoms with van der Waals surface area (Å²) in [5, 5.41) is 4.19. The largest absolute Gasteiger partial charge is 0.316 e. The van der Waals surface area contributed by atoms with Crippen LogP contribution in [0.3, 0.4) is 0 Å². The molecule has 0 bridgehead atoms. The lowest BCUT2D eigenvalue weighted by Gasteiger charge is -2.21. The summed E-state index contributed by atoms with van der Waals surface area (Å²) >= 11 is 6.22. The lowest BCUT2D eigenvalue weighted by Crippen LogP contribution is -2.25. The number of hydrogen-bond donors (Lipinski definition) is 1. The summed E-state index contributed by atoms with van der Waals surface area (Å²) in [5.41, 5.74) is 0.998. The molecule has 0 amide bonds. The van der Waals surface area contributed by atoms with Crippen LogP contribution in [-0.2, 0) is 0 Å². The normalized spacial score (nSPS) is 23.5. The molecule has 2 rings (SSSR count). The Balaban J connectivity index is 2.08. The SMILES string of the molecule is CCCNCC1CCCC1c1cc(F)ccc1Cl. The number of rotatable bonds is 5. The fraction of sp³-hybridized carbons (Fsp3) is 0.600. The van der Waals surface area contributed by atoms with Crippen LogP contribution in [0.1, 0.15) is 44.1 Å². The molecule has 0 radical (unpaired) electrons. The second-order valence-corrected chi connectivity index (χ2v) is 5.57. The van der Waals surface area contributed by atoms with Gasteiger partial charge in [-0.05, 0) is 68.0 Å². The average Bonchev–Trinajstić information content (AvgIpc) is 2.81. The van der Waals surface area contributed by atoms with Gasteiger partial charge in [-0.2, -0.15) is 0 Å². The summed E-state index contributed by atoms with van der Waals surface area (Å²) in [4.78, 5) is 0. The molecular weight excluding hydrogens is 249 g/mol. The average molecular weight is 270 g/mol. The van der Waals surface area contributed by atoms with Gasteiger partial charge in [-0.15, -0.1) is 0 Å². The van der Waals surface area contributed by atoms with Crippen molar-refractivity contribution >= 4 is 11.6 Å². The summed E-state index contributed by atoms with van der Waals surface area (Å²) in [7, 11) is 0. The summed E-state index contributed by atoms with van der Waals surface area (Å²) in [6.45, 7) is 4.24. The lowest BCUT2D eigenvalue weighted by molar-refractivity contribution is 0.443. The molecule has 1 N–H and O–H groups in total. The van der Waals surface area contributed by atoms with Gasteiger partial charge < -0.3 is 5.32 Å². The topological polar surface area (TPSA) is 12.0 Å². The van der Waals surface area contributed by atoms with Gasteiger partial charge in [0.05, 0.1) is 0 Å². The highest BCUT2D eigenvalue weighted by molar-refractivity contribution is 6.31. The first-order valence-electron chi connectivity index (χ1n) is 6.88. The third-order valence-electron chi connectivity index (χ3n) is 3.85. The number of nitrogens with one attached hydrogen (secondary N) is 1. The molecule has 1 fully saturated rings. The van der Waals surface area contributed by atoms with Crippen molar-refractivity contribution in [2.45, 2.75) is 38.5 Å². The van der Waals surface area contributed by atoms with Crippen LogP contribution in [0, 0.1) is 11.7 Å². The van der Waals surface area contributed by atoms with Crippen LogP contribution in [0.5, 0.6) is 0 Å². The molecule has 100 valence electrons. The Morgan fingerprint density at radius 3 is 3.00 bits per heavy atom. The highest BCUT2D eigenvalue weighted by atomic mass is 35.5. The number of halogens is 2. The predicted molar refractivity (Wildman–Crippen MR) is 74.7 cm³/mol. The zero-order valence-electron chi connectivity index (χ0n) is 10.9. The molecule has 0 saturated heterocycles. The van der Waals surface area contributed by atoms with Crippen LogP contribution < -0.4 is 5.32 Å². The van der Waals surface area contributed by atoms with E-state index in [2.05, 4.69) is 12.2 Å². The third kappa shape index (κ3) is 3.24. The van der Waals surface area contributed by atoms with E-state index in [1.807, 2.05) is 0 Å². The predicted octanol–water partition coefficient (Wildman–Crippen LogP) is 4.36. The molecule has 1 nitrogen and oxygen atoms in total. The molecule has 2 atom stereocenters. The molecule has 0 aromatic heterocycles. The second kappa shape index (κ2) is 6.53. The van der Waals surface area contributed by atoms with Crippen LogP contribution >= 0.6 is 11.6 Å². The van der Waals surface area contributed by atoms with E-state index in [4.69, 9.17) is 11.6 Å². The van der Waals surface area contributed by atoms with E-state index in [0.29, 0.717) is 16.9 Å². The Morgan fingerprint density at radius 2 is 2.22 bits per heavy atom. The van der Waals surface area contributed by atoms with Crippen molar-refractivity contribution in [1.29, 1.82) is 0 Å². The molecule has 1 saturated carbocycles. The van der Waals surface area contributed by atoms with Gasteiger partial charge in [0.15, 0.2) is 0 Å². The van der Waals surface area contributed by atoms with E-state index >= 15 is 0 Å². The van der Waals surface area contributed by atoms with Gasteiger partial charge in [0.1, 0.15) is 5.82 Å². The minimum absolute atomic E-state index is 0.179. The van der Waals surface area contributed by atoms with E-state index in [9.17, 15) is 4.39 Å². The quantitative estimate of drug-likeness (QED) is 0.783. The van der Waals surface area contributed by atoms with Crippen molar-refractivity contribution in [1.82, 2.24) is 5.32 Å². The summed E-state index contributed by atoms with van der Waals surface area (Å²) in [6, 6.07) is 4.73. The van der Waals surface area contributed by atoms with E-state index in [-0.39, 0.29) is 5.82 Å². The van der Waals surface area contributed by atoms with E-state index < -0.39 is 0 Å². The Kier molecular flexibility index (Phi) is 5.02. The maximum Gasteiger partial charge on any atom is 0.123 e. The summed E-state index contributed by atoms with van der Waals surface area (Å²) in [6.07, 6.45) is 4.71. The molecule has 3 heteroatoms. The Hall–Kier alpha value is -0.600. The van der Waals surface area contributed by atoms with E-state index in [1.54, 1.807) is 12.1 Å². The minimum atomic E-state index is -0.179.